The lowest BCUT2D eigenvalue weighted by atomic mass is 10.0. The maximum Gasteiger partial charge on any atom is 0.416 e. The molecular formula is C14H20F3NO. The van der Waals surface area contributed by atoms with Gasteiger partial charge in [-0.1, -0.05) is 13.8 Å². The lowest BCUT2D eigenvalue weighted by molar-refractivity contribution is -0.137. The van der Waals surface area contributed by atoms with Crippen molar-refractivity contribution >= 4 is 0 Å². The van der Waals surface area contributed by atoms with E-state index in [9.17, 15) is 13.2 Å². The molecule has 108 valence electrons. The molecule has 0 fully saturated rings. The van der Waals surface area contributed by atoms with Crippen molar-refractivity contribution in [2.24, 2.45) is 5.92 Å². The molecule has 1 aromatic rings. The molecule has 1 N–H and O–H groups in total. The predicted molar refractivity (Wildman–Crippen MR) is 69.2 cm³/mol. The van der Waals surface area contributed by atoms with Crippen molar-refractivity contribution in [3.63, 3.8) is 0 Å². The van der Waals surface area contributed by atoms with Crippen molar-refractivity contribution in [1.82, 2.24) is 5.32 Å². The predicted octanol–water partition coefficient (Wildman–Crippen LogP) is 3.72. The largest absolute Gasteiger partial charge is 0.489 e. The summed E-state index contributed by atoms with van der Waals surface area (Å²) >= 11 is 0. The number of nitrogens with one attached hydrogen (secondary N) is 1. The smallest absolute Gasteiger partial charge is 0.416 e. The molecule has 5 heteroatoms. The van der Waals surface area contributed by atoms with Gasteiger partial charge in [-0.25, -0.2) is 0 Å². The maximum atomic E-state index is 12.4. The molecule has 0 saturated carbocycles. The Hall–Kier alpha value is -1.23. The van der Waals surface area contributed by atoms with E-state index in [0.29, 0.717) is 18.2 Å². The first-order valence-electron chi connectivity index (χ1n) is 6.37. The molecule has 0 aliphatic rings. The van der Waals surface area contributed by atoms with Gasteiger partial charge in [0.2, 0.25) is 0 Å². The quantitative estimate of drug-likeness (QED) is 0.854. The number of hydrogen-bond acceptors (Lipinski definition) is 2. The van der Waals surface area contributed by atoms with E-state index in [1.807, 2.05) is 7.05 Å². The van der Waals surface area contributed by atoms with Crippen molar-refractivity contribution in [3.05, 3.63) is 29.8 Å². The summed E-state index contributed by atoms with van der Waals surface area (Å²) < 4.78 is 43.0. The zero-order valence-electron chi connectivity index (χ0n) is 11.4. The minimum Gasteiger partial charge on any atom is -0.489 e. The highest BCUT2D eigenvalue weighted by Gasteiger charge is 2.30. The van der Waals surface area contributed by atoms with E-state index in [-0.39, 0.29) is 6.10 Å². The van der Waals surface area contributed by atoms with Crippen LogP contribution >= 0.6 is 0 Å². The molecule has 0 unspecified atom stereocenters. The first-order valence-corrected chi connectivity index (χ1v) is 6.37. The number of hydrogen-bond donors (Lipinski definition) is 1. The minimum atomic E-state index is -4.31. The van der Waals surface area contributed by atoms with Crippen molar-refractivity contribution in [2.75, 3.05) is 13.6 Å². The van der Waals surface area contributed by atoms with Crippen LogP contribution in [-0.2, 0) is 6.18 Å². The number of likely N-dealkylation sites (N-methyl/N-ethyl adjacent to an activating group) is 1. The Bertz CT molecular complexity index is 375. The SMILES string of the molecule is CC[C@H](C)[C@@H](CNC)Oc1ccc(C(F)(F)F)cc1. The molecule has 0 spiro atoms. The molecule has 0 aliphatic carbocycles. The van der Waals surface area contributed by atoms with Crippen molar-refractivity contribution in [3.8, 4) is 5.75 Å². The van der Waals surface area contributed by atoms with Crippen LogP contribution in [0.15, 0.2) is 24.3 Å². The summed E-state index contributed by atoms with van der Waals surface area (Å²) in [6.07, 6.45) is -3.40. The van der Waals surface area contributed by atoms with E-state index in [0.717, 1.165) is 18.6 Å². The lowest BCUT2D eigenvalue weighted by Gasteiger charge is -2.24. The van der Waals surface area contributed by atoms with Crippen LogP contribution in [0.2, 0.25) is 0 Å². The standard InChI is InChI=1S/C14H20F3NO/c1-4-10(2)13(9-18-3)19-12-7-5-11(6-8-12)14(15,16)17/h5-8,10,13,18H,4,9H2,1-3H3/t10-,13+/m0/s1. The highest BCUT2D eigenvalue weighted by molar-refractivity contribution is 5.29. The van der Waals surface area contributed by atoms with Gasteiger partial charge >= 0.3 is 6.18 Å². The molecule has 0 aliphatic heterocycles. The molecule has 19 heavy (non-hydrogen) atoms. The third-order valence-corrected chi connectivity index (χ3v) is 3.15. The molecule has 0 heterocycles. The van der Waals surface area contributed by atoms with E-state index in [2.05, 4.69) is 19.2 Å². The van der Waals surface area contributed by atoms with Crippen molar-refractivity contribution in [2.45, 2.75) is 32.5 Å². The molecule has 0 aromatic heterocycles. The van der Waals surface area contributed by atoms with Crippen LogP contribution in [0.3, 0.4) is 0 Å². The maximum absolute atomic E-state index is 12.4. The van der Waals surface area contributed by atoms with Gasteiger partial charge in [-0.05, 0) is 43.7 Å². The van der Waals surface area contributed by atoms with Gasteiger partial charge < -0.3 is 10.1 Å². The molecule has 1 rings (SSSR count). The summed E-state index contributed by atoms with van der Waals surface area (Å²) in [6.45, 7) is 4.78. The third-order valence-electron chi connectivity index (χ3n) is 3.15. The Balaban J connectivity index is 2.75. The van der Waals surface area contributed by atoms with Gasteiger partial charge in [0.1, 0.15) is 11.9 Å². The fourth-order valence-electron chi connectivity index (χ4n) is 1.72. The Kier molecular flexibility index (Phi) is 5.66. The van der Waals surface area contributed by atoms with E-state index in [1.165, 1.54) is 12.1 Å². The topological polar surface area (TPSA) is 21.3 Å². The van der Waals surface area contributed by atoms with Crippen LogP contribution in [0.25, 0.3) is 0 Å². The average Bonchev–Trinajstić information content (AvgIpc) is 2.37. The van der Waals surface area contributed by atoms with Crippen LogP contribution in [0.4, 0.5) is 13.2 Å². The van der Waals surface area contributed by atoms with E-state index in [1.54, 1.807) is 0 Å². The zero-order valence-corrected chi connectivity index (χ0v) is 11.4. The summed E-state index contributed by atoms with van der Waals surface area (Å²) in [5.74, 6) is 0.795. The fraction of sp³-hybridized carbons (Fsp3) is 0.571. The van der Waals surface area contributed by atoms with Gasteiger partial charge in [0.25, 0.3) is 0 Å². The first kappa shape index (κ1) is 15.8. The Morgan fingerprint density at radius 1 is 1.21 bits per heavy atom. The number of ether oxygens (including phenoxy) is 1. The molecule has 1 aromatic carbocycles. The average molecular weight is 275 g/mol. The Labute approximate surface area is 112 Å². The van der Waals surface area contributed by atoms with Gasteiger partial charge in [0.15, 0.2) is 0 Å². The third kappa shape index (κ3) is 4.74. The van der Waals surface area contributed by atoms with E-state index < -0.39 is 11.7 Å². The second kappa shape index (κ2) is 6.80. The first-order chi connectivity index (χ1) is 8.88. The highest BCUT2D eigenvalue weighted by atomic mass is 19.4. The zero-order chi connectivity index (χ0) is 14.5. The lowest BCUT2D eigenvalue weighted by Crippen LogP contribution is -2.34. The van der Waals surface area contributed by atoms with E-state index in [4.69, 9.17) is 4.74 Å². The normalized spacial score (nSPS) is 15.1. The van der Waals surface area contributed by atoms with Crippen LogP contribution in [0, 0.1) is 5.92 Å². The van der Waals surface area contributed by atoms with Crippen LogP contribution in [0.1, 0.15) is 25.8 Å². The highest BCUT2D eigenvalue weighted by Crippen LogP contribution is 2.30. The molecule has 0 amide bonds. The number of rotatable bonds is 6. The summed E-state index contributed by atoms with van der Waals surface area (Å²) in [4.78, 5) is 0. The number of halogens is 3. The summed E-state index contributed by atoms with van der Waals surface area (Å²) in [6, 6.07) is 4.83. The van der Waals surface area contributed by atoms with Gasteiger partial charge in [0.05, 0.1) is 5.56 Å². The van der Waals surface area contributed by atoms with Gasteiger partial charge in [0, 0.05) is 6.54 Å². The summed E-state index contributed by atoms with van der Waals surface area (Å²) in [5.41, 5.74) is -0.659. The Morgan fingerprint density at radius 2 is 1.79 bits per heavy atom. The van der Waals surface area contributed by atoms with Crippen LogP contribution < -0.4 is 10.1 Å². The van der Waals surface area contributed by atoms with E-state index >= 15 is 0 Å². The monoisotopic (exact) mass is 275 g/mol. The molecule has 0 saturated heterocycles. The molecular weight excluding hydrogens is 255 g/mol. The van der Waals surface area contributed by atoms with Crippen molar-refractivity contribution in [1.29, 1.82) is 0 Å². The van der Waals surface area contributed by atoms with Gasteiger partial charge in [-0.2, -0.15) is 13.2 Å². The Morgan fingerprint density at radius 3 is 2.21 bits per heavy atom. The van der Waals surface area contributed by atoms with Crippen LogP contribution in [-0.4, -0.2) is 19.7 Å². The second-order valence-electron chi connectivity index (χ2n) is 4.62. The number of alkyl halides is 3. The molecule has 0 radical (unpaired) electrons. The van der Waals surface area contributed by atoms with Crippen molar-refractivity contribution < 1.29 is 17.9 Å². The van der Waals surface area contributed by atoms with Gasteiger partial charge in [-0.3, -0.25) is 0 Å². The number of benzene rings is 1. The summed E-state index contributed by atoms with van der Waals surface area (Å²) in [5, 5.41) is 3.03. The summed E-state index contributed by atoms with van der Waals surface area (Å²) in [7, 11) is 1.82. The van der Waals surface area contributed by atoms with Gasteiger partial charge in [-0.15, -0.1) is 0 Å². The molecule has 2 nitrogen and oxygen atoms in total. The fourth-order valence-corrected chi connectivity index (χ4v) is 1.72. The van der Waals surface area contributed by atoms with Crippen LogP contribution in [0.5, 0.6) is 5.75 Å². The molecule has 2 atom stereocenters. The molecule has 0 bridgehead atoms. The minimum absolute atomic E-state index is 0.0493. The second-order valence-corrected chi connectivity index (χ2v) is 4.62.